The SMILES string of the molecule is COCC(NN)c1cc(C)c(Br)s1. The van der Waals surface area contributed by atoms with Crippen LogP contribution in [0.4, 0.5) is 0 Å². The Morgan fingerprint density at radius 1 is 1.77 bits per heavy atom. The standard InChI is InChI=1S/C8H13BrN2OS/c1-5-3-7(13-8(5)9)6(11-10)4-12-2/h3,6,11H,4,10H2,1-2H3. The molecule has 0 saturated heterocycles. The summed E-state index contributed by atoms with van der Waals surface area (Å²) < 4.78 is 6.20. The maximum atomic E-state index is 5.41. The molecule has 1 rings (SSSR count). The van der Waals surface area contributed by atoms with E-state index in [2.05, 4.69) is 34.3 Å². The van der Waals surface area contributed by atoms with Crippen LogP contribution in [0.2, 0.25) is 0 Å². The highest BCUT2D eigenvalue weighted by molar-refractivity contribution is 9.11. The van der Waals surface area contributed by atoms with E-state index in [0.717, 1.165) is 3.79 Å². The molecular formula is C8H13BrN2OS. The average Bonchev–Trinajstić information content (AvgIpc) is 2.43. The molecule has 0 saturated carbocycles. The van der Waals surface area contributed by atoms with Gasteiger partial charge in [0.15, 0.2) is 0 Å². The molecule has 0 aliphatic rings. The number of hydrazine groups is 1. The van der Waals surface area contributed by atoms with Crippen molar-refractivity contribution < 1.29 is 4.74 Å². The number of hydrogen-bond donors (Lipinski definition) is 2. The molecule has 1 heterocycles. The molecule has 0 radical (unpaired) electrons. The summed E-state index contributed by atoms with van der Waals surface area (Å²) in [6.07, 6.45) is 0. The molecule has 0 aliphatic carbocycles. The molecule has 74 valence electrons. The van der Waals surface area contributed by atoms with E-state index in [1.807, 2.05) is 0 Å². The van der Waals surface area contributed by atoms with Crippen LogP contribution < -0.4 is 11.3 Å². The van der Waals surface area contributed by atoms with Crippen molar-refractivity contribution in [2.75, 3.05) is 13.7 Å². The molecule has 1 aromatic rings. The minimum atomic E-state index is 0.0833. The molecule has 0 bridgehead atoms. The zero-order chi connectivity index (χ0) is 9.84. The first-order chi connectivity index (χ1) is 6.19. The summed E-state index contributed by atoms with van der Waals surface area (Å²) in [5, 5.41) is 0. The highest BCUT2D eigenvalue weighted by Crippen LogP contribution is 2.31. The lowest BCUT2D eigenvalue weighted by Gasteiger charge is -2.11. The topological polar surface area (TPSA) is 47.3 Å². The van der Waals surface area contributed by atoms with E-state index >= 15 is 0 Å². The Morgan fingerprint density at radius 2 is 2.46 bits per heavy atom. The van der Waals surface area contributed by atoms with Crippen molar-refractivity contribution >= 4 is 27.3 Å². The Hall–Kier alpha value is 0.0600. The first kappa shape index (κ1) is 11.1. The van der Waals surface area contributed by atoms with Gasteiger partial charge in [-0.15, -0.1) is 11.3 Å². The normalized spacial score (nSPS) is 13.2. The molecule has 0 fully saturated rings. The fraction of sp³-hybridized carbons (Fsp3) is 0.500. The van der Waals surface area contributed by atoms with Gasteiger partial charge in [0.05, 0.1) is 16.4 Å². The molecule has 5 heteroatoms. The monoisotopic (exact) mass is 264 g/mol. The Kier molecular flexibility index (Phi) is 4.34. The summed E-state index contributed by atoms with van der Waals surface area (Å²) in [5.41, 5.74) is 3.96. The van der Waals surface area contributed by atoms with Crippen LogP contribution in [0, 0.1) is 6.92 Å². The second kappa shape index (κ2) is 5.07. The molecule has 1 atom stereocenters. The van der Waals surface area contributed by atoms with Gasteiger partial charge in [0.25, 0.3) is 0 Å². The predicted octanol–water partition coefficient (Wildman–Crippen LogP) is 1.97. The van der Waals surface area contributed by atoms with Crippen LogP contribution in [0.15, 0.2) is 9.85 Å². The van der Waals surface area contributed by atoms with Gasteiger partial charge >= 0.3 is 0 Å². The van der Waals surface area contributed by atoms with Gasteiger partial charge in [-0.2, -0.15) is 0 Å². The van der Waals surface area contributed by atoms with Gasteiger partial charge in [0.2, 0.25) is 0 Å². The number of nitrogens with one attached hydrogen (secondary N) is 1. The number of aryl methyl sites for hydroxylation is 1. The first-order valence-corrected chi connectivity index (χ1v) is 5.51. The van der Waals surface area contributed by atoms with E-state index < -0.39 is 0 Å². The van der Waals surface area contributed by atoms with Crippen LogP contribution >= 0.6 is 27.3 Å². The van der Waals surface area contributed by atoms with Crippen molar-refractivity contribution in [2.45, 2.75) is 13.0 Å². The number of hydrogen-bond acceptors (Lipinski definition) is 4. The number of nitrogens with two attached hydrogens (primary N) is 1. The van der Waals surface area contributed by atoms with E-state index in [1.54, 1.807) is 18.4 Å². The van der Waals surface area contributed by atoms with Crippen LogP contribution in [0.25, 0.3) is 0 Å². The fourth-order valence-corrected chi connectivity index (χ4v) is 2.65. The molecule has 3 N–H and O–H groups in total. The second-order valence-electron chi connectivity index (χ2n) is 2.78. The summed E-state index contributed by atoms with van der Waals surface area (Å²) in [4.78, 5) is 1.19. The second-order valence-corrected chi connectivity index (χ2v) is 5.18. The van der Waals surface area contributed by atoms with Crippen molar-refractivity contribution in [3.63, 3.8) is 0 Å². The number of thiophene rings is 1. The average molecular weight is 265 g/mol. The zero-order valence-electron chi connectivity index (χ0n) is 7.63. The van der Waals surface area contributed by atoms with Crippen molar-refractivity contribution in [2.24, 2.45) is 5.84 Å². The van der Waals surface area contributed by atoms with Crippen LogP contribution in [-0.4, -0.2) is 13.7 Å². The Labute approximate surface area is 90.4 Å². The first-order valence-electron chi connectivity index (χ1n) is 3.90. The molecule has 0 spiro atoms. The Morgan fingerprint density at radius 3 is 2.85 bits per heavy atom. The molecule has 0 aliphatic heterocycles. The molecule has 1 unspecified atom stereocenters. The summed E-state index contributed by atoms with van der Waals surface area (Å²) in [6.45, 7) is 2.65. The summed E-state index contributed by atoms with van der Waals surface area (Å²) in [6, 6.07) is 2.19. The van der Waals surface area contributed by atoms with E-state index in [9.17, 15) is 0 Å². The summed E-state index contributed by atoms with van der Waals surface area (Å²) in [5.74, 6) is 5.41. The molecule has 3 nitrogen and oxygen atoms in total. The molecule has 0 amide bonds. The zero-order valence-corrected chi connectivity index (χ0v) is 10.0. The summed E-state index contributed by atoms with van der Waals surface area (Å²) >= 11 is 5.15. The van der Waals surface area contributed by atoms with Gasteiger partial charge in [0.1, 0.15) is 0 Å². The number of rotatable bonds is 4. The predicted molar refractivity (Wildman–Crippen MR) is 58.7 cm³/mol. The molecule has 0 aromatic carbocycles. The minimum Gasteiger partial charge on any atom is -0.383 e. The quantitative estimate of drug-likeness (QED) is 0.646. The number of methoxy groups -OCH3 is 1. The lowest BCUT2D eigenvalue weighted by molar-refractivity contribution is 0.168. The number of halogens is 1. The molecule has 13 heavy (non-hydrogen) atoms. The number of ether oxygens (including phenoxy) is 1. The molecule has 1 aromatic heterocycles. The fourth-order valence-electron chi connectivity index (χ4n) is 1.03. The third-order valence-electron chi connectivity index (χ3n) is 1.75. The van der Waals surface area contributed by atoms with E-state index in [0.29, 0.717) is 6.61 Å². The van der Waals surface area contributed by atoms with Crippen LogP contribution in [0.1, 0.15) is 16.5 Å². The van der Waals surface area contributed by atoms with Gasteiger partial charge in [-0.05, 0) is 34.5 Å². The van der Waals surface area contributed by atoms with Gasteiger partial charge in [0, 0.05) is 12.0 Å². The summed E-state index contributed by atoms with van der Waals surface area (Å²) in [7, 11) is 1.67. The van der Waals surface area contributed by atoms with E-state index in [1.165, 1.54) is 10.4 Å². The van der Waals surface area contributed by atoms with Gasteiger partial charge in [-0.25, -0.2) is 5.43 Å². The highest BCUT2D eigenvalue weighted by Gasteiger charge is 2.13. The minimum absolute atomic E-state index is 0.0833. The Bertz CT molecular complexity index is 258. The van der Waals surface area contributed by atoms with Crippen molar-refractivity contribution in [1.29, 1.82) is 0 Å². The third kappa shape index (κ3) is 2.75. The third-order valence-corrected chi connectivity index (χ3v) is 4.00. The van der Waals surface area contributed by atoms with Gasteiger partial charge < -0.3 is 4.74 Å². The highest BCUT2D eigenvalue weighted by atomic mass is 79.9. The smallest absolute Gasteiger partial charge is 0.0786 e. The van der Waals surface area contributed by atoms with Crippen molar-refractivity contribution in [3.05, 3.63) is 20.3 Å². The lowest BCUT2D eigenvalue weighted by Crippen LogP contribution is -2.30. The van der Waals surface area contributed by atoms with Gasteiger partial charge in [-0.1, -0.05) is 0 Å². The maximum absolute atomic E-state index is 5.41. The van der Waals surface area contributed by atoms with Crippen LogP contribution in [-0.2, 0) is 4.74 Å². The van der Waals surface area contributed by atoms with Crippen molar-refractivity contribution in [3.8, 4) is 0 Å². The lowest BCUT2D eigenvalue weighted by atomic mass is 10.2. The maximum Gasteiger partial charge on any atom is 0.0786 e. The van der Waals surface area contributed by atoms with Crippen LogP contribution in [0.5, 0.6) is 0 Å². The van der Waals surface area contributed by atoms with E-state index in [4.69, 9.17) is 10.6 Å². The molecular weight excluding hydrogens is 252 g/mol. The largest absolute Gasteiger partial charge is 0.383 e. The Balaban J connectivity index is 2.78. The van der Waals surface area contributed by atoms with Crippen LogP contribution in [0.3, 0.4) is 0 Å². The van der Waals surface area contributed by atoms with Crippen molar-refractivity contribution in [1.82, 2.24) is 5.43 Å². The van der Waals surface area contributed by atoms with E-state index in [-0.39, 0.29) is 6.04 Å². The van der Waals surface area contributed by atoms with Gasteiger partial charge in [-0.3, -0.25) is 5.84 Å².